The molecule has 0 saturated heterocycles. The highest BCUT2D eigenvalue weighted by atomic mass is 16.5. The molecule has 0 aromatic carbocycles. The minimum Gasteiger partial charge on any atom is -0.464 e. The SMILES string of the molecule is COC(=O)C(C#N)=NC#N. The first kappa shape index (κ1) is 8.12. The number of rotatable bonds is 1. The van der Waals surface area contributed by atoms with E-state index in [-0.39, 0.29) is 0 Å². The van der Waals surface area contributed by atoms with Gasteiger partial charge in [-0.25, -0.2) is 4.79 Å². The Hall–Kier alpha value is -1.88. The minimum atomic E-state index is -0.899. The van der Waals surface area contributed by atoms with Crippen molar-refractivity contribution in [1.29, 1.82) is 10.5 Å². The first-order valence-electron chi connectivity index (χ1n) is 2.21. The van der Waals surface area contributed by atoms with Crippen molar-refractivity contribution in [2.75, 3.05) is 7.11 Å². The Balaban J connectivity index is 4.45. The van der Waals surface area contributed by atoms with E-state index in [1.165, 1.54) is 12.3 Å². The molecule has 0 atom stereocenters. The summed E-state index contributed by atoms with van der Waals surface area (Å²) in [7, 11) is 1.10. The molecule has 0 amide bonds. The Labute approximate surface area is 57.2 Å². The molecule has 0 aliphatic carbocycles. The van der Waals surface area contributed by atoms with E-state index in [2.05, 4.69) is 9.73 Å². The maximum atomic E-state index is 10.4. The van der Waals surface area contributed by atoms with Gasteiger partial charge >= 0.3 is 5.97 Å². The third-order valence-corrected chi connectivity index (χ3v) is 0.646. The van der Waals surface area contributed by atoms with Gasteiger partial charge in [0, 0.05) is 0 Å². The lowest BCUT2D eigenvalue weighted by atomic mass is 10.4. The molecule has 5 nitrogen and oxygen atoms in total. The fourth-order valence-electron chi connectivity index (χ4n) is 0.263. The molecule has 0 radical (unpaired) electrons. The smallest absolute Gasteiger partial charge is 0.368 e. The van der Waals surface area contributed by atoms with Crippen LogP contribution in [0.2, 0.25) is 0 Å². The fraction of sp³-hybridized carbons (Fsp3) is 0.200. The molecule has 5 heteroatoms. The summed E-state index contributed by atoms with van der Waals surface area (Å²) in [4.78, 5) is 13.3. The number of ether oxygens (including phenoxy) is 1. The van der Waals surface area contributed by atoms with E-state index >= 15 is 0 Å². The summed E-state index contributed by atoms with van der Waals surface area (Å²) < 4.78 is 4.11. The summed E-state index contributed by atoms with van der Waals surface area (Å²) in [5, 5.41) is 16.0. The van der Waals surface area contributed by atoms with Gasteiger partial charge in [-0.3, -0.25) is 0 Å². The lowest BCUT2D eigenvalue weighted by Gasteiger charge is -1.89. The van der Waals surface area contributed by atoms with Crippen LogP contribution in [-0.4, -0.2) is 18.8 Å². The molecule has 10 heavy (non-hydrogen) atoms. The minimum absolute atomic E-state index is 0.537. The van der Waals surface area contributed by atoms with Gasteiger partial charge in [0.25, 0.3) is 0 Å². The highest BCUT2D eigenvalue weighted by Gasteiger charge is 2.09. The van der Waals surface area contributed by atoms with Gasteiger partial charge < -0.3 is 4.74 Å². The van der Waals surface area contributed by atoms with Gasteiger partial charge in [0.15, 0.2) is 0 Å². The Bertz CT molecular complexity index is 243. The summed E-state index contributed by atoms with van der Waals surface area (Å²) in [6.07, 6.45) is 1.30. The lowest BCUT2D eigenvalue weighted by molar-refractivity contribution is -0.132. The van der Waals surface area contributed by atoms with Crippen molar-refractivity contribution in [3.63, 3.8) is 0 Å². The number of methoxy groups -OCH3 is 1. The topological polar surface area (TPSA) is 86.2 Å². The average Bonchev–Trinajstić information content (AvgIpc) is 1.99. The van der Waals surface area contributed by atoms with Crippen LogP contribution < -0.4 is 0 Å². The van der Waals surface area contributed by atoms with Gasteiger partial charge in [-0.2, -0.15) is 15.5 Å². The summed E-state index contributed by atoms with van der Waals surface area (Å²) in [5.74, 6) is -0.899. The molecule has 0 bridgehead atoms. The molecule has 0 aromatic rings. The first-order valence-corrected chi connectivity index (χ1v) is 2.21. The van der Waals surface area contributed by atoms with Gasteiger partial charge in [-0.05, 0) is 0 Å². The van der Waals surface area contributed by atoms with Crippen molar-refractivity contribution in [2.24, 2.45) is 4.99 Å². The number of esters is 1. The van der Waals surface area contributed by atoms with Crippen LogP contribution in [0.25, 0.3) is 0 Å². The van der Waals surface area contributed by atoms with E-state index in [0.29, 0.717) is 0 Å². The van der Waals surface area contributed by atoms with Gasteiger partial charge in [0.1, 0.15) is 6.07 Å². The number of carbonyl (C=O) groups excluding carboxylic acids is 1. The normalized spacial score (nSPS) is 9.30. The lowest BCUT2D eigenvalue weighted by Crippen LogP contribution is -2.12. The number of carbonyl (C=O) groups is 1. The zero-order valence-electron chi connectivity index (χ0n) is 5.16. The zero-order chi connectivity index (χ0) is 7.98. The number of nitrogens with zero attached hydrogens (tertiary/aromatic N) is 3. The quantitative estimate of drug-likeness (QED) is 0.279. The highest BCUT2D eigenvalue weighted by molar-refractivity contribution is 6.43. The summed E-state index contributed by atoms with van der Waals surface area (Å²) >= 11 is 0. The second-order valence-corrected chi connectivity index (χ2v) is 1.16. The first-order chi connectivity index (χ1) is 4.76. The van der Waals surface area contributed by atoms with E-state index in [4.69, 9.17) is 10.5 Å². The molecule has 0 unspecified atom stereocenters. The Morgan fingerprint density at radius 2 is 2.20 bits per heavy atom. The average molecular weight is 137 g/mol. The van der Waals surface area contributed by atoms with Gasteiger partial charge in [-0.1, -0.05) is 0 Å². The molecule has 0 fully saturated rings. The van der Waals surface area contributed by atoms with Crippen LogP contribution in [0.1, 0.15) is 0 Å². The molecular weight excluding hydrogens is 134 g/mol. The third kappa shape index (κ3) is 1.93. The van der Waals surface area contributed by atoms with Crippen molar-refractivity contribution in [3.05, 3.63) is 0 Å². The Morgan fingerprint density at radius 1 is 1.60 bits per heavy atom. The largest absolute Gasteiger partial charge is 0.464 e. The van der Waals surface area contributed by atoms with Crippen LogP contribution in [0.15, 0.2) is 4.99 Å². The van der Waals surface area contributed by atoms with E-state index in [9.17, 15) is 4.79 Å². The predicted molar refractivity (Wildman–Crippen MR) is 30.7 cm³/mol. The maximum Gasteiger partial charge on any atom is 0.368 e. The van der Waals surface area contributed by atoms with Crippen molar-refractivity contribution in [2.45, 2.75) is 0 Å². The number of nitriles is 2. The van der Waals surface area contributed by atoms with Gasteiger partial charge in [0.2, 0.25) is 11.9 Å². The summed E-state index contributed by atoms with van der Waals surface area (Å²) in [6, 6.07) is 1.41. The van der Waals surface area contributed by atoms with Crippen LogP contribution in [0.4, 0.5) is 0 Å². The van der Waals surface area contributed by atoms with Crippen molar-refractivity contribution in [3.8, 4) is 12.3 Å². The van der Waals surface area contributed by atoms with E-state index in [0.717, 1.165) is 7.11 Å². The van der Waals surface area contributed by atoms with Crippen LogP contribution in [-0.2, 0) is 9.53 Å². The van der Waals surface area contributed by atoms with Gasteiger partial charge in [0.05, 0.1) is 7.11 Å². The molecule has 0 aliphatic rings. The monoisotopic (exact) mass is 137 g/mol. The van der Waals surface area contributed by atoms with E-state index in [1.54, 1.807) is 0 Å². The Morgan fingerprint density at radius 3 is 2.50 bits per heavy atom. The molecule has 0 aliphatic heterocycles. The maximum absolute atomic E-state index is 10.4. The Kier molecular flexibility index (Phi) is 3.28. The number of hydrogen-bond acceptors (Lipinski definition) is 5. The standard InChI is InChI=1S/C5H3N3O2/c1-10-5(9)4(2-6)8-3-7/h1H3. The van der Waals surface area contributed by atoms with Gasteiger partial charge in [-0.15, -0.1) is 0 Å². The van der Waals surface area contributed by atoms with Crippen LogP contribution in [0, 0.1) is 22.8 Å². The molecule has 0 spiro atoms. The van der Waals surface area contributed by atoms with Crippen molar-refractivity contribution >= 4 is 11.7 Å². The molecule has 0 N–H and O–H groups in total. The zero-order valence-corrected chi connectivity index (χ0v) is 5.16. The second kappa shape index (κ2) is 4.04. The number of aliphatic imine (C=N–C) groups is 1. The second-order valence-electron chi connectivity index (χ2n) is 1.16. The van der Waals surface area contributed by atoms with Crippen molar-refractivity contribution in [1.82, 2.24) is 0 Å². The molecule has 0 saturated carbocycles. The highest BCUT2D eigenvalue weighted by Crippen LogP contribution is 1.79. The molecule has 0 heterocycles. The number of hydrogen-bond donors (Lipinski definition) is 0. The molecular formula is C5H3N3O2. The molecule has 0 rings (SSSR count). The van der Waals surface area contributed by atoms with E-state index < -0.39 is 11.7 Å². The van der Waals surface area contributed by atoms with E-state index in [1.807, 2.05) is 0 Å². The van der Waals surface area contributed by atoms with Crippen LogP contribution in [0.5, 0.6) is 0 Å². The fourth-order valence-corrected chi connectivity index (χ4v) is 0.263. The van der Waals surface area contributed by atoms with Crippen molar-refractivity contribution < 1.29 is 9.53 Å². The third-order valence-electron chi connectivity index (χ3n) is 0.646. The molecule has 50 valence electrons. The molecule has 0 aromatic heterocycles. The van der Waals surface area contributed by atoms with Crippen LogP contribution in [0.3, 0.4) is 0 Å². The summed E-state index contributed by atoms with van der Waals surface area (Å²) in [6.45, 7) is 0. The van der Waals surface area contributed by atoms with Crippen LogP contribution >= 0.6 is 0 Å². The predicted octanol–water partition coefficient (Wildman–Crippen LogP) is -0.395. The summed E-state index contributed by atoms with van der Waals surface area (Å²) in [5.41, 5.74) is -0.537.